The minimum atomic E-state index is -3.59. The maximum absolute atomic E-state index is 13.1. The Kier molecular flexibility index (Phi) is 8.32. The number of benzene rings is 1. The standard InChI is InChI=1S/C25H32N4O6S2/c1-4-35-25(32)27-23(31)21-19-11-14-28(16(2)3)15-20(19)36-24(21)26-22(30)17-7-9-18(10-8-17)37(33,34)29-12-5-6-13-29/h7-10,16H,4-6,11-15H2,1-3H3,(H,26,30)(H,27,31,32). The van der Waals surface area contributed by atoms with Crippen LogP contribution in [0.25, 0.3) is 0 Å². The third kappa shape index (κ3) is 5.87. The molecule has 0 aliphatic carbocycles. The molecule has 0 atom stereocenters. The number of sulfonamides is 1. The molecule has 37 heavy (non-hydrogen) atoms. The Morgan fingerprint density at radius 1 is 1.05 bits per heavy atom. The Morgan fingerprint density at radius 2 is 1.73 bits per heavy atom. The second-order valence-electron chi connectivity index (χ2n) is 9.29. The first-order valence-electron chi connectivity index (χ1n) is 12.4. The number of hydrogen-bond donors (Lipinski definition) is 2. The zero-order valence-electron chi connectivity index (χ0n) is 21.2. The first-order chi connectivity index (χ1) is 17.6. The first kappa shape index (κ1) is 27.2. The summed E-state index contributed by atoms with van der Waals surface area (Å²) in [5, 5.41) is 5.40. The summed E-state index contributed by atoms with van der Waals surface area (Å²) in [6.07, 6.45) is 1.44. The van der Waals surface area contributed by atoms with Gasteiger partial charge in [-0.2, -0.15) is 4.31 Å². The van der Waals surface area contributed by atoms with Crippen molar-refractivity contribution in [1.82, 2.24) is 14.5 Å². The van der Waals surface area contributed by atoms with Gasteiger partial charge in [0.15, 0.2) is 0 Å². The summed E-state index contributed by atoms with van der Waals surface area (Å²) < 4.78 is 31.9. The van der Waals surface area contributed by atoms with E-state index in [1.54, 1.807) is 6.92 Å². The van der Waals surface area contributed by atoms with E-state index in [4.69, 9.17) is 4.74 Å². The number of hydrogen-bond acceptors (Lipinski definition) is 8. The highest BCUT2D eigenvalue weighted by molar-refractivity contribution is 7.89. The highest BCUT2D eigenvalue weighted by Crippen LogP contribution is 2.38. The van der Waals surface area contributed by atoms with Gasteiger partial charge in [0.25, 0.3) is 11.8 Å². The zero-order chi connectivity index (χ0) is 26.7. The van der Waals surface area contributed by atoms with Gasteiger partial charge in [-0.1, -0.05) is 0 Å². The topological polar surface area (TPSA) is 125 Å². The van der Waals surface area contributed by atoms with Crippen LogP contribution in [0.15, 0.2) is 29.2 Å². The molecule has 12 heteroatoms. The van der Waals surface area contributed by atoms with Crippen LogP contribution in [0.5, 0.6) is 0 Å². The Hall–Kier alpha value is -2.80. The number of nitrogens with zero attached hydrogens (tertiary/aromatic N) is 2. The van der Waals surface area contributed by atoms with E-state index in [1.165, 1.54) is 39.9 Å². The van der Waals surface area contributed by atoms with Gasteiger partial charge >= 0.3 is 6.09 Å². The van der Waals surface area contributed by atoms with Crippen LogP contribution in [0, 0.1) is 0 Å². The second-order valence-corrected chi connectivity index (χ2v) is 12.3. The van der Waals surface area contributed by atoms with E-state index < -0.39 is 27.9 Å². The van der Waals surface area contributed by atoms with Gasteiger partial charge < -0.3 is 10.1 Å². The number of nitrogens with one attached hydrogen (secondary N) is 2. The van der Waals surface area contributed by atoms with Crippen molar-refractivity contribution < 1.29 is 27.5 Å². The molecule has 200 valence electrons. The lowest BCUT2D eigenvalue weighted by atomic mass is 10.0. The van der Waals surface area contributed by atoms with E-state index in [0.717, 1.165) is 29.8 Å². The molecular formula is C25H32N4O6S2. The maximum atomic E-state index is 13.1. The molecule has 1 saturated heterocycles. The van der Waals surface area contributed by atoms with E-state index in [-0.39, 0.29) is 22.6 Å². The number of rotatable bonds is 7. The van der Waals surface area contributed by atoms with Crippen molar-refractivity contribution >= 4 is 44.3 Å². The number of amides is 3. The van der Waals surface area contributed by atoms with Gasteiger partial charge in [-0.05, 0) is 69.9 Å². The summed E-state index contributed by atoms with van der Waals surface area (Å²) in [5.74, 6) is -1.11. The summed E-state index contributed by atoms with van der Waals surface area (Å²) in [5.41, 5.74) is 1.33. The van der Waals surface area contributed by atoms with Crippen molar-refractivity contribution in [2.75, 3.05) is 31.6 Å². The molecule has 4 rings (SSSR count). The van der Waals surface area contributed by atoms with E-state index in [9.17, 15) is 22.8 Å². The van der Waals surface area contributed by atoms with Gasteiger partial charge in [0, 0.05) is 42.7 Å². The van der Waals surface area contributed by atoms with Crippen LogP contribution in [0.1, 0.15) is 64.8 Å². The largest absolute Gasteiger partial charge is 0.450 e. The number of imide groups is 1. The Labute approximate surface area is 221 Å². The third-order valence-electron chi connectivity index (χ3n) is 6.58. The Balaban J connectivity index is 1.58. The smallest absolute Gasteiger partial charge is 0.414 e. The summed E-state index contributed by atoms with van der Waals surface area (Å²) in [4.78, 5) is 41.5. The fourth-order valence-electron chi connectivity index (χ4n) is 4.55. The molecule has 1 fully saturated rings. The van der Waals surface area contributed by atoms with E-state index >= 15 is 0 Å². The number of carbonyl (C=O) groups excluding carboxylic acids is 3. The van der Waals surface area contributed by atoms with Crippen LogP contribution < -0.4 is 10.6 Å². The lowest BCUT2D eigenvalue weighted by molar-refractivity contribution is 0.0924. The molecule has 0 bridgehead atoms. The average molecular weight is 549 g/mol. The number of carbonyl (C=O) groups is 3. The predicted octanol–water partition coefficient (Wildman–Crippen LogP) is 3.44. The molecular weight excluding hydrogens is 516 g/mol. The summed E-state index contributed by atoms with van der Waals surface area (Å²) in [7, 11) is -3.59. The third-order valence-corrected chi connectivity index (χ3v) is 9.63. The molecule has 1 aromatic heterocycles. The summed E-state index contributed by atoms with van der Waals surface area (Å²) >= 11 is 1.31. The van der Waals surface area contributed by atoms with Gasteiger partial charge in [0.1, 0.15) is 5.00 Å². The number of alkyl carbamates (subject to hydrolysis) is 1. The quantitative estimate of drug-likeness (QED) is 0.543. The molecule has 2 aliphatic rings. The van der Waals surface area contributed by atoms with Crippen LogP contribution in [-0.4, -0.2) is 67.8 Å². The van der Waals surface area contributed by atoms with Gasteiger partial charge in [-0.3, -0.25) is 19.8 Å². The Morgan fingerprint density at radius 3 is 2.35 bits per heavy atom. The van der Waals surface area contributed by atoms with Crippen molar-refractivity contribution in [3.63, 3.8) is 0 Å². The maximum Gasteiger partial charge on any atom is 0.414 e. The molecule has 0 spiro atoms. The Bertz CT molecular complexity index is 1280. The molecule has 3 amide bonds. The predicted molar refractivity (Wildman–Crippen MR) is 140 cm³/mol. The minimum absolute atomic E-state index is 0.122. The van der Waals surface area contributed by atoms with Gasteiger partial charge in [0.2, 0.25) is 10.0 Å². The van der Waals surface area contributed by atoms with E-state index in [1.807, 2.05) is 0 Å². The van der Waals surface area contributed by atoms with Gasteiger partial charge in [0.05, 0.1) is 17.1 Å². The normalized spacial score (nSPS) is 16.4. The van der Waals surface area contributed by atoms with Gasteiger partial charge in [-0.15, -0.1) is 11.3 Å². The van der Waals surface area contributed by atoms with Crippen LogP contribution in [0.3, 0.4) is 0 Å². The van der Waals surface area contributed by atoms with Crippen LogP contribution in [-0.2, 0) is 27.7 Å². The van der Waals surface area contributed by atoms with Crippen molar-refractivity contribution in [3.05, 3.63) is 45.8 Å². The first-order valence-corrected chi connectivity index (χ1v) is 14.7. The highest BCUT2D eigenvalue weighted by Gasteiger charge is 2.31. The van der Waals surface area contributed by atoms with Crippen LogP contribution in [0.4, 0.5) is 9.80 Å². The molecule has 3 heterocycles. The average Bonchev–Trinajstić information content (AvgIpc) is 3.52. The number of anilines is 1. The van der Waals surface area contributed by atoms with Crippen molar-refractivity contribution in [3.8, 4) is 0 Å². The van der Waals surface area contributed by atoms with Gasteiger partial charge in [-0.25, -0.2) is 13.2 Å². The molecule has 0 radical (unpaired) electrons. The molecule has 0 saturated carbocycles. The number of ether oxygens (including phenoxy) is 1. The fourth-order valence-corrected chi connectivity index (χ4v) is 7.33. The second kappa shape index (κ2) is 11.3. The molecule has 2 aliphatic heterocycles. The number of fused-ring (bicyclic) bond motifs is 1. The lowest BCUT2D eigenvalue weighted by Crippen LogP contribution is -2.36. The minimum Gasteiger partial charge on any atom is -0.450 e. The van der Waals surface area contributed by atoms with Crippen molar-refractivity contribution in [2.45, 2.75) is 57.5 Å². The highest BCUT2D eigenvalue weighted by atomic mass is 32.2. The lowest BCUT2D eigenvalue weighted by Gasteiger charge is -2.30. The van der Waals surface area contributed by atoms with Crippen molar-refractivity contribution in [2.24, 2.45) is 0 Å². The number of thiophene rings is 1. The van der Waals surface area contributed by atoms with Crippen molar-refractivity contribution in [1.29, 1.82) is 0 Å². The summed E-state index contributed by atoms with van der Waals surface area (Å²) in [6, 6.07) is 6.10. The molecule has 2 aromatic rings. The van der Waals surface area contributed by atoms with Crippen LogP contribution in [0.2, 0.25) is 0 Å². The molecule has 2 N–H and O–H groups in total. The molecule has 1 aromatic carbocycles. The molecule has 0 unspecified atom stereocenters. The molecule has 10 nitrogen and oxygen atoms in total. The monoisotopic (exact) mass is 548 g/mol. The van der Waals surface area contributed by atoms with E-state index in [2.05, 4.69) is 29.4 Å². The fraction of sp³-hybridized carbons (Fsp3) is 0.480. The SMILES string of the molecule is CCOC(=O)NC(=O)c1c(NC(=O)c2ccc(S(=O)(=O)N3CCCC3)cc2)sc2c1CCN(C(C)C)C2. The summed E-state index contributed by atoms with van der Waals surface area (Å²) in [6.45, 7) is 8.35. The zero-order valence-corrected chi connectivity index (χ0v) is 22.8. The van der Waals surface area contributed by atoms with Crippen LogP contribution >= 0.6 is 11.3 Å². The van der Waals surface area contributed by atoms with E-state index in [0.29, 0.717) is 37.1 Å².